The van der Waals surface area contributed by atoms with Crippen LogP contribution < -0.4 is 10.1 Å². The van der Waals surface area contributed by atoms with Crippen LogP contribution in [0.4, 0.5) is 5.82 Å². The minimum Gasteiger partial charge on any atom is -0.481 e. The number of ether oxygens (including phenoxy) is 1. The largest absolute Gasteiger partial charge is 0.481 e. The van der Waals surface area contributed by atoms with Gasteiger partial charge in [0.2, 0.25) is 5.88 Å². The van der Waals surface area contributed by atoms with Crippen LogP contribution in [0, 0.1) is 11.3 Å². The molecule has 0 aliphatic rings. The lowest BCUT2D eigenvalue weighted by Gasteiger charge is -2.08. The van der Waals surface area contributed by atoms with Crippen molar-refractivity contribution in [2.45, 2.75) is 19.9 Å². The monoisotopic (exact) mass is 272 g/mol. The van der Waals surface area contributed by atoms with Gasteiger partial charge in [-0.3, -0.25) is 0 Å². The molecule has 1 N–H and O–H groups in total. The first-order chi connectivity index (χ1) is 9.71. The maximum atomic E-state index is 8.99. The predicted octanol–water partition coefficient (Wildman–Crippen LogP) is 1.26. The Balaban J connectivity index is 2.25. The Bertz CT molecular complexity index is 643. The van der Waals surface area contributed by atoms with E-state index in [2.05, 4.69) is 20.4 Å². The van der Waals surface area contributed by atoms with E-state index in [4.69, 9.17) is 10.00 Å². The topological polar surface area (TPSA) is 88.7 Å². The molecule has 0 aliphatic carbocycles. The summed E-state index contributed by atoms with van der Waals surface area (Å²) in [5.74, 6) is 1.17. The van der Waals surface area contributed by atoms with Crippen molar-refractivity contribution >= 4 is 5.82 Å². The van der Waals surface area contributed by atoms with Gasteiger partial charge in [-0.25, -0.2) is 14.6 Å². The predicted molar refractivity (Wildman–Crippen MR) is 73.2 cm³/mol. The maximum absolute atomic E-state index is 8.99. The Morgan fingerprint density at radius 3 is 2.80 bits per heavy atom. The Hall–Kier alpha value is -2.62. The van der Waals surface area contributed by atoms with E-state index in [0.29, 0.717) is 18.2 Å². The third-order valence-corrected chi connectivity index (χ3v) is 2.94. The zero-order valence-electron chi connectivity index (χ0n) is 11.7. The van der Waals surface area contributed by atoms with Crippen LogP contribution in [0.5, 0.6) is 5.88 Å². The number of hydrogen-bond donors (Lipinski definition) is 1. The van der Waals surface area contributed by atoms with Crippen LogP contribution in [0.3, 0.4) is 0 Å². The highest BCUT2D eigenvalue weighted by Gasteiger charge is 2.16. The first kappa shape index (κ1) is 13.8. The third-order valence-electron chi connectivity index (χ3n) is 2.94. The summed E-state index contributed by atoms with van der Waals surface area (Å²) in [5.41, 5.74) is 2.19. The molecule has 2 aromatic rings. The van der Waals surface area contributed by atoms with Crippen LogP contribution in [0.2, 0.25) is 0 Å². The average Bonchev–Trinajstić information content (AvgIpc) is 2.80. The fraction of sp³-hybridized carbons (Fsp3) is 0.385. The van der Waals surface area contributed by atoms with E-state index < -0.39 is 0 Å². The summed E-state index contributed by atoms with van der Waals surface area (Å²) in [6.45, 7) is 2.52. The van der Waals surface area contributed by atoms with E-state index in [0.717, 1.165) is 17.7 Å². The minimum atomic E-state index is 0.272. The van der Waals surface area contributed by atoms with Crippen molar-refractivity contribution < 1.29 is 4.74 Å². The lowest BCUT2D eigenvalue weighted by atomic mass is 10.2. The first-order valence-electron chi connectivity index (χ1n) is 6.25. The molecule has 0 radical (unpaired) electrons. The number of nitrogens with one attached hydrogen (secondary N) is 1. The molecule has 7 nitrogen and oxygen atoms in total. The minimum absolute atomic E-state index is 0.272. The molecule has 0 spiro atoms. The molecule has 7 heteroatoms. The molecule has 0 unspecified atom stereocenters. The van der Waals surface area contributed by atoms with Crippen LogP contribution >= 0.6 is 0 Å². The van der Waals surface area contributed by atoms with Crippen molar-refractivity contribution in [2.24, 2.45) is 7.05 Å². The number of aryl methyl sites for hydroxylation is 2. The molecule has 0 aliphatic heterocycles. The van der Waals surface area contributed by atoms with Crippen LogP contribution in [0.1, 0.15) is 23.9 Å². The molecular formula is C13H16N6O. The van der Waals surface area contributed by atoms with Crippen LogP contribution in [-0.4, -0.2) is 26.9 Å². The molecule has 104 valence electrons. The van der Waals surface area contributed by atoms with Crippen molar-refractivity contribution in [3.63, 3.8) is 0 Å². The Morgan fingerprint density at radius 2 is 2.15 bits per heavy atom. The van der Waals surface area contributed by atoms with Gasteiger partial charge in [0.25, 0.3) is 0 Å². The van der Waals surface area contributed by atoms with Gasteiger partial charge < -0.3 is 10.1 Å². The normalized spacial score (nSPS) is 10.1. The Labute approximate surface area is 117 Å². The fourth-order valence-electron chi connectivity index (χ4n) is 2.04. The molecule has 0 atom stereocenters. The molecule has 0 fully saturated rings. The summed E-state index contributed by atoms with van der Waals surface area (Å²) >= 11 is 0. The highest BCUT2D eigenvalue weighted by molar-refractivity contribution is 5.48. The standard InChI is InChI=1S/C13H16N6O/c1-4-10-9(13(20-3)19(2)18-10)8-17-12-11(7-14)15-5-6-16-12/h5-6H,4,8H2,1-3H3,(H,16,17). The number of nitrogens with zero attached hydrogens (tertiary/aromatic N) is 5. The quantitative estimate of drug-likeness (QED) is 0.881. The second-order valence-electron chi connectivity index (χ2n) is 4.13. The highest BCUT2D eigenvalue weighted by Crippen LogP contribution is 2.23. The van der Waals surface area contributed by atoms with Gasteiger partial charge in [-0.15, -0.1) is 0 Å². The summed E-state index contributed by atoms with van der Waals surface area (Å²) in [6, 6.07) is 2.01. The summed E-state index contributed by atoms with van der Waals surface area (Å²) in [7, 11) is 3.45. The van der Waals surface area contributed by atoms with Crippen LogP contribution in [0.15, 0.2) is 12.4 Å². The summed E-state index contributed by atoms with van der Waals surface area (Å²) in [6.07, 6.45) is 3.84. The number of methoxy groups -OCH3 is 1. The van der Waals surface area contributed by atoms with Gasteiger partial charge in [0, 0.05) is 26.0 Å². The molecule has 2 aromatic heterocycles. The van der Waals surface area contributed by atoms with Gasteiger partial charge in [0.15, 0.2) is 11.5 Å². The molecule has 0 saturated carbocycles. The SMILES string of the molecule is CCc1nn(C)c(OC)c1CNc1nccnc1C#N. The van der Waals surface area contributed by atoms with Gasteiger partial charge >= 0.3 is 0 Å². The second kappa shape index (κ2) is 6.02. The highest BCUT2D eigenvalue weighted by atomic mass is 16.5. The summed E-state index contributed by atoms with van der Waals surface area (Å²) in [5, 5.41) is 16.5. The number of nitriles is 1. The van der Waals surface area contributed by atoms with Crippen LogP contribution in [0.25, 0.3) is 0 Å². The van der Waals surface area contributed by atoms with E-state index in [1.54, 1.807) is 18.0 Å². The molecule has 20 heavy (non-hydrogen) atoms. The molecule has 2 rings (SSSR count). The lowest BCUT2D eigenvalue weighted by Crippen LogP contribution is -2.07. The molecule has 0 aromatic carbocycles. The second-order valence-corrected chi connectivity index (χ2v) is 4.13. The molecule has 0 bridgehead atoms. The van der Waals surface area contributed by atoms with Crippen molar-refractivity contribution in [3.05, 3.63) is 29.3 Å². The number of aromatic nitrogens is 4. The maximum Gasteiger partial charge on any atom is 0.216 e. The zero-order chi connectivity index (χ0) is 14.5. The van der Waals surface area contributed by atoms with E-state index in [-0.39, 0.29) is 5.69 Å². The van der Waals surface area contributed by atoms with Crippen molar-refractivity contribution in [2.75, 3.05) is 12.4 Å². The molecule has 2 heterocycles. The van der Waals surface area contributed by atoms with E-state index >= 15 is 0 Å². The number of anilines is 1. The van der Waals surface area contributed by atoms with Gasteiger partial charge in [-0.2, -0.15) is 10.4 Å². The van der Waals surface area contributed by atoms with Crippen molar-refractivity contribution in [1.82, 2.24) is 19.7 Å². The fourth-order valence-corrected chi connectivity index (χ4v) is 2.04. The van der Waals surface area contributed by atoms with Crippen LogP contribution in [-0.2, 0) is 20.0 Å². The Morgan fingerprint density at radius 1 is 1.40 bits per heavy atom. The van der Waals surface area contributed by atoms with E-state index in [1.807, 2.05) is 20.0 Å². The smallest absolute Gasteiger partial charge is 0.216 e. The average molecular weight is 272 g/mol. The van der Waals surface area contributed by atoms with Crippen molar-refractivity contribution in [3.8, 4) is 11.9 Å². The Kier molecular flexibility index (Phi) is 4.15. The molecular weight excluding hydrogens is 256 g/mol. The lowest BCUT2D eigenvalue weighted by molar-refractivity contribution is 0.369. The molecule has 0 amide bonds. The van der Waals surface area contributed by atoms with Crippen molar-refractivity contribution in [1.29, 1.82) is 5.26 Å². The zero-order valence-corrected chi connectivity index (χ0v) is 11.7. The van der Waals surface area contributed by atoms with Gasteiger partial charge in [-0.05, 0) is 6.42 Å². The van der Waals surface area contributed by atoms with E-state index in [9.17, 15) is 0 Å². The summed E-state index contributed by atoms with van der Waals surface area (Å²) < 4.78 is 7.07. The molecule has 0 saturated heterocycles. The van der Waals surface area contributed by atoms with Gasteiger partial charge in [0.1, 0.15) is 6.07 Å². The summed E-state index contributed by atoms with van der Waals surface area (Å²) in [4.78, 5) is 8.08. The first-order valence-corrected chi connectivity index (χ1v) is 6.25. The van der Waals surface area contributed by atoms with Gasteiger partial charge in [-0.1, -0.05) is 6.92 Å². The van der Waals surface area contributed by atoms with Gasteiger partial charge in [0.05, 0.1) is 18.4 Å². The number of hydrogen-bond acceptors (Lipinski definition) is 6. The third kappa shape index (κ3) is 2.54. The number of rotatable bonds is 5. The van der Waals surface area contributed by atoms with E-state index in [1.165, 1.54) is 6.20 Å².